The van der Waals surface area contributed by atoms with E-state index in [0.717, 1.165) is 33.6 Å². The Kier molecular flexibility index (Phi) is 6.25. The minimum atomic E-state index is -0.924. The second-order valence-corrected chi connectivity index (χ2v) is 7.43. The van der Waals surface area contributed by atoms with E-state index in [1.165, 1.54) is 0 Å². The molecule has 0 aliphatic carbocycles. The van der Waals surface area contributed by atoms with Crippen molar-refractivity contribution in [1.29, 1.82) is 0 Å². The Morgan fingerprint density at radius 3 is 2.15 bits per heavy atom. The van der Waals surface area contributed by atoms with Crippen LogP contribution in [0.3, 0.4) is 0 Å². The standard InChI is InChI=1S/C23H28O3/c1-14(2)13-26-22-11-16(5)21(12-20(22)15(3)4)17(6)18-7-9-19(10-8-18)23(24)25/h7-12,14-15H,6,13H2,1-5H3,(H,24,25). The fourth-order valence-corrected chi connectivity index (χ4v) is 2.83. The summed E-state index contributed by atoms with van der Waals surface area (Å²) < 4.78 is 6.03. The van der Waals surface area contributed by atoms with Gasteiger partial charge in [-0.2, -0.15) is 0 Å². The lowest BCUT2D eigenvalue weighted by molar-refractivity contribution is 0.0697. The molecular formula is C23H28O3. The summed E-state index contributed by atoms with van der Waals surface area (Å²) in [6.45, 7) is 15.6. The van der Waals surface area contributed by atoms with Gasteiger partial charge in [-0.15, -0.1) is 0 Å². The molecule has 2 rings (SSSR count). The monoisotopic (exact) mass is 352 g/mol. The molecule has 0 saturated carbocycles. The van der Waals surface area contributed by atoms with Crippen molar-refractivity contribution in [2.45, 2.75) is 40.5 Å². The molecule has 138 valence electrons. The molecule has 2 aromatic carbocycles. The Morgan fingerprint density at radius 1 is 1.08 bits per heavy atom. The molecule has 1 N–H and O–H groups in total. The molecule has 0 heterocycles. The van der Waals surface area contributed by atoms with E-state index in [4.69, 9.17) is 9.84 Å². The third kappa shape index (κ3) is 4.54. The lowest BCUT2D eigenvalue weighted by Gasteiger charge is -2.20. The maximum Gasteiger partial charge on any atom is 0.335 e. The molecule has 0 aliphatic rings. The Labute approximate surface area is 156 Å². The number of aryl methyl sites for hydroxylation is 1. The number of aromatic carboxylic acids is 1. The van der Waals surface area contributed by atoms with E-state index in [2.05, 4.69) is 53.3 Å². The predicted octanol–water partition coefficient (Wildman–Crippen LogP) is 5.91. The van der Waals surface area contributed by atoms with Gasteiger partial charge in [-0.3, -0.25) is 0 Å². The number of hydrogen-bond donors (Lipinski definition) is 1. The van der Waals surface area contributed by atoms with E-state index in [-0.39, 0.29) is 5.56 Å². The van der Waals surface area contributed by atoms with Crippen molar-refractivity contribution >= 4 is 11.5 Å². The molecule has 0 bridgehead atoms. The van der Waals surface area contributed by atoms with Gasteiger partial charge < -0.3 is 9.84 Å². The van der Waals surface area contributed by atoms with Gasteiger partial charge >= 0.3 is 5.97 Å². The van der Waals surface area contributed by atoms with E-state index < -0.39 is 5.97 Å². The van der Waals surface area contributed by atoms with Crippen LogP contribution in [0.2, 0.25) is 0 Å². The highest BCUT2D eigenvalue weighted by atomic mass is 16.5. The minimum absolute atomic E-state index is 0.276. The van der Waals surface area contributed by atoms with Crippen molar-refractivity contribution in [2.24, 2.45) is 5.92 Å². The van der Waals surface area contributed by atoms with E-state index in [1.807, 2.05) is 12.1 Å². The first-order valence-corrected chi connectivity index (χ1v) is 9.01. The number of carbonyl (C=O) groups is 1. The quantitative estimate of drug-likeness (QED) is 0.673. The molecule has 26 heavy (non-hydrogen) atoms. The zero-order valence-electron chi connectivity index (χ0n) is 16.3. The first-order valence-electron chi connectivity index (χ1n) is 9.01. The summed E-state index contributed by atoms with van der Waals surface area (Å²) in [4.78, 5) is 11.0. The van der Waals surface area contributed by atoms with Gasteiger partial charge in [0.25, 0.3) is 0 Å². The maximum atomic E-state index is 11.0. The third-order valence-corrected chi connectivity index (χ3v) is 4.36. The van der Waals surface area contributed by atoms with Crippen LogP contribution in [0.4, 0.5) is 0 Å². The molecule has 0 fully saturated rings. The van der Waals surface area contributed by atoms with Gasteiger partial charge in [-0.1, -0.05) is 46.4 Å². The molecule has 0 aromatic heterocycles. The fraction of sp³-hybridized carbons (Fsp3) is 0.348. The summed E-state index contributed by atoms with van der Waals surface area (Å²) in [5.74, 6) is 0.812. The summed E-state index contributed by atoms with van der Waals surface area (Å²) in [6, 6.07) is 11.1. The van der Waals surface area contributed by atoms with Gasteiger partial charge in [-0.05, 0) is 70.9 Å². The highest BCUT2D eigenvalue weighted by molar-refractivity contribution is 5.89. The fourth-order valence-electron chi connectivity index (χ4n) is 2.83. The van der Waals surface area contributed by atoms with Crippen molar-refractivity contribution in [2.75, 3.05) is 6.61 Å². The van der Waals surface area contributed by atoms with Crippen LogP contribution in [0.1, 0.15) is 66.2 Å². The van der Waals surface area contributed by atoms with Gasteiger partial charge in [-0.25, -0.2) is 4.79 Å². The van der Waals surface area contributed by atoms with Crippen molar-refractivity contribution in [3.63, 3.8) is 0 Å². The lowest BCUT2D eigenvalue weighted by atomic mass is 9.90. The van der Waals surface area contributed by atoms with Crippen LogP contribution in [-0.4, -0.2) is 17.7 Å². The number of rotatable bonds is 7. The first kappa shape index (κ1) is 19.8. The van der Waals surface area contributed by atoms with Crippen molar-refractivity contribution in [1.82, 2.24) is 0 Å². The Hall–Kier alpha value is -2.55. The van der Waals surface area contributed by atoms with Crippen molar-refractivity contribution in [3.05, 3.63) is 70.8 Å². The van der Waals surface area contributed by atoms with Crippen LogP contribution in [0.5, 0.6) is 5.75 Å². The molecule has 3 heteroatoms. The average molecular weight is 352 g/mol. The summed E-state index contributed by atoms with van der Waals surface area (Å²) in [6.07, 6.45) is 0. The molecule has 0 spiro atoms. The second kappa shape index (κ2) is 8.22. The molecule has 0 saturated heterocycles. The highest BCUT2D eigenvalue weighted by Gasteiger charge is 2.15. The second-order valence-electron chi connectivity index (χ2n) is 7.43. The number of carboxylic acid groups (broad SMARTS) is 1. The third-order valence-electron chi connectivity index (χ3n) is 4.36. The number of benzene rings is 2. The first-order chi connectivity index (χ1) is 12.2. The van der Waals surface area contributed by atoms with Crippen LogP contribution in [-0.2, 0) is 0 Å². The molecule has 0 aliphatic heterocycles. The van der Waals surface area contributed by atoms with Gasteiger partial charge in [0.1, 0.15) is 5.75 Å². The van der Waals surface area contributed by atoms with Crippen LogP contribution in [0.25, 0.3) is 5.57 Å². The van der Waals surface area contributed by atoms with Gasteiger partial charge in [0.2, 0.25) is 0 Å². The molecule has 3 nitrogen and oxygen atoms in total. The number of hydrogen-bond acceptors (Lipinski definition) is 2. The zero-order chi connectivity index (χ0) is 19.4. The number of carboxylic acids is 1. The Morgan fingerprint density at radius 2 is 1.65 bits per heavy atom. The topological polar surface area (TPSA) is 46.5 Å². The zero-order valence-corrected chi connectivity index (χ0v) is 16.3. The maximum absolute atomic E-state index is 11.0. The summed E-state index contributed by atoms with van der Waals surface area (Å²) >= 11 is 0. The van der Waals surface area contributed by atoms with Crippen molar-refractivity contribution in [3.8, 4) is 5.75 Å². The molecule has 2 aromatic rings. The summed E-state index contributed by atoms with van der Waals surface area (Å²) in [7, 11) is 0. The molecule has 0 amide bonds. The molecule has 0 radical (unpaired) electrons. The van der Waals surface area contributed by atoms with E-state index in [0.29, 0.717) is 18.4 Å². The normalized spacial score (nSPS) is 11.0. The minimum Gasteiger partial charge on any atom is -0.493 e. The lowest BCUT2D eigenvalue weighted by Crippen LogP contribution is -2.08. The van der Waals surface area contributed by atoms with Crippen LogP contribution in [0.15, 0.2) is 43.0 Å². The van der Waals surface area contributed by atoms with E-state index in [9.17, 15) is 4.79 Å². The Balaban J connectivity index is 2.40. The highest BCUT2D eigenvalue weighted by Crippen LogP contribution is 2.34. The summed E-state index contributed by atoms with van der Waals surface area (Å²) in [5, 5.41) is 9.06. The van der Waals surface area contributed by atoms with E-state index >= 15 is 0 Å². The molecular weight excluding hydrogens is 324 g/mol. The average Bonchev–Trinajstić information content (AvgIpc) is 2.59. The van der Waals surface area contributed by atoms with Gasteiger partial charge in [0.15, 0.2) is 0 Å². The van der Waals surface area contributed by atoms with Gasteiger partial charge in [0.05, 0.1) is 12.2 Å². The molecule has 0 unspecified atom stereocenters. The summed E-state index contributed by atoms with van der Waals surface area (Å²) in [5.41, 5.74) is 5.41. The predicted molar refractivity (Wildman–Crippen MR) is 107 cm³/mol. The molecule has 0 atom stereocenters. The largest absolute Gasteiger partial charge is 0.493 e. The number of ether oxygens (including phenoxy) is 1. The van der Waals surface area contributed by atoms with E-state index in [1.54, 1.807) is 12.1 Å². The van der Waals surface area contributed by atoms with Crippen LogP contribution in [0, 0.1) is 12.8 Å². The van der Waals surface area contributed by atoms with Gasteiger partial charge in [0, 0.05) is 0 Å². The van der Waals surface area contributed by atoms with Crippen LogP contribution >= 0.6 is 0 Å². The SMILES string of the molecule is C=C(c1ccc(C(=O)O)cc1)c1cc(C(C)C)c(OCC(C)C)cc1C. The smallest absolute Gasteiger partial charge is 0.335 e. The van der Waals surface area contributed by atoms with Crippen LogP contribution < -0.4 is 4.74 Å². The van der Waals surface area contributed by atoms with Crippen molar-refractivity contribution < 1.29 is 14.6 Å². The Bertz CT molecular complexity index is 799.